The fourth-order valence-electron chi connectivity index (χ4n) is 5.64. The minimum Gasteiger partial charge on any atom is -0.396 e. The lowest BCUT2D eigenvalue weighted by atomic mass is 9.93. The van der Waals surface area contributed by atoms with Crippen LogP contribution in [-0.4, -0.2) is 84.9 Å². The second kappa shape index (κ2) is 11.9. The molecule has 0 atom stereocenters. The Morgan fingerprint density at radius 3 is 2.44 bits per heavy atom. The highest BCUT2D eigenvalue weighted by Gasteiger charge is 2.28. The van der Waals surface area contributed by atoms with Gasteiger partial charge in [-0.05, 0) is 75.5 Å². The Labute approximate surface area is 214 Å². The first-order chi connectivity index (χ1) is 17.4. The molecule has 8 nitrogen and oxygen atoms in total. The highest BCUT2D eigenvalue weighted by atomic mass is 16.3. The van der Waals surface area contributed by atoms with E-state index in [2.05, 4.69) is 41.9 Å². The third-order valence-corrected chi connectivity index (χ3v) is 8.14. The van der Waals surface area contributed by atoms with E-state index in [0.29, 0.717) is 37.8 Å². The van der Waals surface area contributed by atoms with E-state index in [1.54, 1.807) is 0 Å². The van der Waals surface area contributed by atoms with Crippen molar-refractivity contribution < 1.29 is 14.7 Å². The Hall–Kier alpha value is -2.87. The van der Waals surface area contributed by atoms with Crippen molar-refractivity contribution in [1.82, 2.24) is 9.80 Å². The number of nitrogens with two attached hydrogens (primary N) is 1. The maximum absolute atomic E-state index is 13.0. The van der Waals surface area contributed by atoms with E-state index in [0.717, 1.165) is 62.9 Å². The number of allylic oxidation sites excluding steroid dienone is 1. The number of carbonyl (C=O) groups is 2. The molecule has 1 aliphatic carbocycles. The Morgan fingerprint density at radius 1 is 1.03 bits per heavy atom. The van der Waals surface area contributed by atoms with Gasteiger partial charge in [0.25, 0.3) is 5.91 Å². The summed E-state index contributed by atoms with van der Waals surface area (Å²) in [6.45, 7) is 8.95. The predicted octanol–water partition coefficient (Wildman–Crippen LogP) is 2.41. The largest absolute Gasteiger partial charge is 0.396 e. The summed E-state index contributed by atoms with van der Waals surface area (Å²) in [7, 11) is 0. The van der Waals surface area contributed by atoms with Crippen LogP contribution in [0.5, 0.6) is 0 Å². The first-order valence-electron chi connectivity index (χ1n) is 13.4. The molecule has 0 bridgehead atoms. The van der Waals surface area contributed by atoms with Gasteiger partial charge >= 0.3 is 0 Å². The molecule has 2 heterocycles. The lowest BCUT2D eigenvalue weighted by molar-refractivity contribution is -0.130. The molecule has 2 amide bonds. The zero-order chi connectivity index (χ0) is 25.7. The predicted molar refractivity (Wildman–Crippen MR) is 143 cm³/mol. The van der Waals surface area contributed by atoms with Crippen LogP contribution in [0, 0.1) is 19.8 Å². The van der Waals surface area contributed by atoms with E-state index < -0.39 is 0 Å². The van der Waals surface area contributed by atoms with Crippen LogP contribution < -0.4 is 10.6 Å². The second-order valence-electron chi connectivity index (χ2n) is 10.3. The van der Waals surface area contributed by atoms with Crippen molar-refractivity contribution in [3.05, 3.63) is 40.6 Å². The summed E-state index contributed by atoms with van der Waals surface area (Å²) in [5, 5.41) is 9.15. The van der Waals surface area contributed by atoms with Gasteiger partial charge in [-0.1, -0.05) is 12.1 Å². The molecule has 196 valence electrons. The van der Waals surface area contributed by atoms with E-state index >= 15 is 0 Å². The van der Waals surface area contributed by atoms with Crippen LogP contribution in [0.3, 0.4) is 0 Å². The maximum atomic E-state index is 13.0. The third-order valence-electron chi connectivity index (χ3n) is 8.14. The first kappa shape index (κ1) is 26.2. The van der Waals surface area contributed by atoms with Crippen LogP contribution in [0.4, 0.5) is 5.69 Å². The molecule has 0 spiro atoms. The summed E-state index contributed by atoms with van der Waals surface area (Å²) in [5.74, 6) is 0.395. The van der Waals surface area contributed by atoms with Crippen LogP contribution in [-0.2, 0) is 9.59 Å². The zero-order valence-electron chi connectivity index (χ0n) is 21.8. The van der Waals surface area contributed by atoms with Gasteiger partial charge in [0.1, 0.15) is 12.2 Å². The molecule has 2 aliphatic heterocycles. The van der Waals surface area contributed by atoms with Gasteiger partial charge in [-0.25, -0.2) is 0 Å². The number of piperidine rings is 1. The zero-order valence-corrected chi connectivity index (χ0v) is 21.8. The van der Waals surface area contributed by atoms with Crippen molar-refractivity contribution in [3.63, 3.8) is 0 Å². The summed E-state index contributed by atoms with van der Waals surface area (Å²) in [6.07, 6.45) is 5.01. The van der Waals surface area contributed by atoms with Crippen LogP contribution >= 0.6 is 0 Å². The van der Waals surface area contributed by atoms with Crippen molar-refractivity contribution in [2.75, 3.05) is 57.3 Å². The molecule has 0 aromatic heterocycles. The van der Waals surface area contributed by atoms with Crippen molar-refractivity contribution in [2.45, 2.75) is 52.4 Å². The van der Waals surface area contributed by atoms with Crippen LogP contribution in [0.25, 0.3) is 0 Å². The normalized spacial score (nSPS) is 21.9. The second-order valence-corrected chi connectivity index (χ2v) is 10.3. The number of aliphatic hydroxyl groups is 1. The molecular weight excluding hydrogens is 454 g/mol. The quantitative estimate of drug-likeness (QED) is 0.590. The van der Waals surface area contributed by atoms with E-state index in [1.807, 2.05) is 9.80 Å². The Morgan fingerprint density at radius 2 is 1.75 bits per heavy atom. The summed E-state index contributed by atoms with van der Waals surface area (Å²) >= 11 is 0. The number of hydrogen-bond acceptors (Lipinski definition) is 6. The average molecular weight is 496 g/mol. The van der Waals surface area contributed by atoms with Gasteiger partial charge in [-0.15, -0.1) is 0 Å². The van der Waals surface area contributed by atoms with E-state index in [9.17, 15) is 9.59 Å². The van der Waals surface area contributed by atoms with Crippen molar-refractivity contribution in [3.8, 4) is 0 Å². The number of aryl methyl sites for hydroxylation is 1. The van der Waals surface area contributed by atoms with Crippen molar-refractivity contribution in [1.29, 1.82) is 0 Å². The van der Waals surface area contributed by atoms with Crippen LogP contribution in [0.2, 0.25) is 0 Å². The molecular formula is C28H41N5O3. The molecule has 3 N–H and O–H groups in total. The highest BCUT2D eigenvalue weighted by Crippen LogP contribution is 2.27. The summed E-state index contributed by atoms with van der Waals surface area (Å²) in [6, 6.07) is 6.38. The fraction of sp³-hybridized carbons (Fsp3) is 0.607. The van der Waals surface area contributed by atoms with E-state index in [-0.39, 0.29) is 25.0 Å². The molecule has 3 aliphatic rings. The maximum Gasteiger partial charge on any atom is 0.270 e. The van der Waals surface area contributed by atoms with Gasteiger partial charge in [0.15, 0.2) is 0 Å². The Balaban J connectivity index is 1.32. The van der Waals surface area contributed by atoms with Crippen molar-refractivity contribution >= 4 is 23.2 Å². The molecule has 1 saturated carbocycles. The van der Waals surface area contributed by atoms with E-state index in [1.165, 1.54) is 16.8 Å². The number of anilines is 1. The molecule has 1 aromatic carbocycles. The number of likely N-dealkylation sites (tertiary alicyclic amines) is 1. The van der Waals surface area contributed by atoms with E-state index in [4.69, 9.17) is 10.8 Å². The smallest absolute Gasteiger partial charge is 0.270 e. The molecule has 8 heteroatoms. The SMILES string of the molecule is Cc1cccc(N2CCN(C(=O)CN=C3CCC/C3=C(/N)C(=O)N3CCC(CCO)CC3)CC2)c1C. The van der Waals surface area contributed by atoms with Crippen molar-refractivity contribution in [2.24, 2.45) is 16.6 Å². The number of amides is 2. The molecule has 2 saturated heterocycles. The summed E-state index contributed by atoms with van der Waals surface area (Å²) in [5.41, 5.74) is 12.1. The minimum absolute atomic E-state index is 0.0326. The first-order valence-corrected chi connectivity index (χ1v) is 13.4. The number of aliphatic imine (C=N–C) groups is 1. The molecule has 0 unspecified atom stereocenters. The molecule has 4 rings (SSSR count). The number of piperazine rings is 1. The molecule has 36 heavy (non-hydrogen) atoms. The monoisotopic (exact) mass is 495 g/mol. The number of carbonyl (C=O) groups excluding carboxylic acids is 2. The minimum atomic E-state index is -0.115. The van der Waals surface area contributed by atoms with Gasteiger partial charge in [-0.3, -0.25) is 14.6 Å². The number of hydrogen-bond donors (Lipinski definition) is 2. The highest BCUT2D eigenvalue weighted by molar-refractivity contribution is 6.09. The number of rotatable bonds is 6. The lowest BCUT2D eigenvalue weighted by Crippen LogP contribution is -2.49. The fourth-order valence-corrected chi connectivity index (χ4v) is 5.64. The standard InChI is InChI=1S/C28H41N5O3/c1-20-5-3-8-25(21(20)2)31-14-16-32(17-15-31)26(35)19-30-24-7-4-6-23(24)27(29)28(36)33-12-9-22(10-13-33)11-18-34/h3,5,8,22,34H,4,6-7,9-19,29H2,1-2H3/b27-23-,30-24?. The molecule has 0 radical (unpaired) electrons. The topological polar surface area (TPSA) is 102 Å². The average Bonchev–Trinajstić information content (AvgIpc) is 3.37. The van der Waals surface area contributed by atoms with Crippen LogP contribution in [0.1, 0.15) is 49.7 Å². The lowest BCUT2D eigenvalue weighted by Gasteiger charge is -2.37. The summed E-state index contributed by atoms with van der Waals surface area (Å²) < 4.78 is 0. The van der Waals surface area contributed by atoms with Crippen LogP contribution in [0.15, 0.2) is 34.5 Å². The third kappa shape index (κ3) is 5.91. The molecule has 3 fully saturated rings. The number of benzene rings is 1. The van der Waals surface area contributed by atoms with Gasteiger partial charge in [0.05, 0.1) is 0 Å². The molecule has 1 aromatic rings. The summed E-state index contributed by atoms with van der Waals surface area (Å²) in [4.78, 5) is 36.7. The van der Waals surface area contributed by atoms with Gasteiger partial charge in [-0.2, -0.15) is 0 Å². The number of nitrogens with zero attached hydrogens (tertiary/aromatic N) is 4. The van der Waals surface area contributed by atoms with Gasteiger partial charge in [0.2, 0.25) is 5.91 Å². The number of aliphatic hydroxyl groups excluding tert-OH is 1. The van der Waals surface area contributed by atoms with Gasteiger partial charge < -0.3 is 25.5 Å². The Bertz CT molecular complexity index is 1020. The van der Waals surface area contributed by atoms with Gasteiger partial charge in [0, 0.05) is 62.8 Å². The Kier molecular flexibility index (Phi) is 8.67.